The summed E-state index contributed by atoms with van der Waals surface area (Å²) in [6.45, 7) is 8.13. The molecular formula is C16H21N5. The van der Waals surface area contributed by atoms with E-state index in [2.05, 4.69) is 53.6 Å². The van der Waals surface area contributed by atoms with E-state index >= 15 is 0 Å². The van der Waals surface area contributed by atoms with Gasteiger partial charge in [0.25, 0.3) is 0 Å². The molecule has 3 rings (SSSR count). The third-order valence-electron chi connectivity index (χ3n) is 3.58. The Morgan fingerprint density at radius 2 is 1.95 bits per heavy atom. The summed E-state index contributed by atoms with van der Waals surface area (Å²) in [5.41, 5.74) is 2.21. The topological polar surface area (TPSA) is 48.5 Å². The molecule has 0 aliphatic heterocycles. The van der Waals surface area contributed by atoms with E-state index in [4.69, 9.17) is 4.98 Å². The third-order valence-corrected chi connectivity index (χ3v) is 3.58. The zero-order valence-electron chi connectivity index (χ0n) is 12.8. The number of aromatic nitrogens is 5. The van der Waals surface area contributed by atoms with Crippen LogP contribution in [0, 0.1) is 5.92 Å². The first kappa shape index (κ1) is 13.8. The fraction of sp³-hybridized carbons (Fsp3) is 0.438. The second-order valence-electron chi connectivity index (χ2n) is 5.71. The normalized spacial score (nSPS) is 11.6. The Balaban J connectivity index is 2.00. The second kappa shape index (κ2) is 5.68. The summed E-state index contributed by atoms with van der Waals surface area (Å²) < 4.78 is 4.25. The van der Waals surface area contributed by atoms with Crippen molar-refractivity contribution in [1.29, 1.82) is 0 Å². The quantitative estimate of drug-likeness (QED) is 0.723. The van der Waals surface area contributed by atoms with Crippen LogP contribution in [-0.4, -0.2) is 24.3 Å². The highest BCUT2D eigenvalue weighted by atomic mass is 15.3. The predicted molar refractivity (Wildman–Crippen MR) is 83.1 cm³/mol. The van der Waals surface area contributed by atoms with E-state index in [-0.39, 0.29) is 0 Å². The van der Waals surface area contributed by atoms with E-state index in [1.807, 2.05) is 10.7 Å². The number of imidazole rings is 1. The lowest BCUT2D eigenvalue weighted by molar-refractivity contribution is 0.460. The van der Waals surface area contributed by atoms with Crippen LogP contribution < -0.4 is 0 Å². The van der Waals surface area contributed by atoms with Crippen molar-refractivity contribution < 1.29 is 0 Å². The molecule has 0 spiro atoms. The van der Waals surface area contributed by atoms with Gasteiger partial charge in [0.05, 0.1) is 17.6 Å². The molecule has 2 aromatic heterocycles. The first-order chi connectivity index (χ1) is 10.2. The summed E-state index contributed by atoms with van der Waals surface area (Å²) in [6.07, 6.45) is 2.55. The Kier molecular flexibility index (Phi) is 3.73. The molecule has 0 amide bonds. The summed E-state index contributed by atoms with van der Waals surface area (Å²) in [5, 5.41) is 4.34. The van der Waals surface area contributed by atoms with Gasteiger partial charge in [-0.1, -0.05) is 32.9 Å². The Morgan fingerprint density at radius 1 is 1.14 bits per heavy atom. The van der Waals surface area contributed by atoms with Crippen molar-refractivity contribution in [1.82, 2.24) is 24.3 Å². The molecule has 0 radical (unpaired) electrons. The average molecular weight is 283 g/mol. The molecule has 110 valence electrons. The van der Waals surface area contributed by atoms with Crippen LogP contribution in [0.5, 0.6) is 0 Å². The number of fused-ring (bicyclic) bond motifs is 1. The van der Waals surface area contributed by atoms with Crippen LogP contribution in [-0.2, 0) is 19.5 Å². The van der Waals surface area contributed by atoms with Crippen LogP contribution in [0.15, 0.2) is 30.6 Å². The highest BCUT2D eigenvalue weighted by Crippen LogP contribution is 2.18. The summed E-state index contributed by atoms with van der Waals surface area (Å²) in [4.78, 5) is 9.14. The van der Waals surface area contributed by atoms with Crippen molar-refractivity contribution in [2.75, 3.05) is 0 Å². The number of para-hydroxylation sites is 2. The molecule has 5 nitrogen and oxygen atoms in total. The van der Waals surface area contributed by atoms with Crippen LogP contribution >= 0.6 is 0 Å². The predicted octanol–water partition coefficient (Wildman–Crippen LogP) is 2.89. The maximum atomic E-state index is 4.71. The SMILES string of the molecule is CCc1nc2ccccc2n1Cc1ncnn1CC(C)C. The zero-order valence-corrected chi connectivity index (χ0v) is 12.8. The zero-order chi connectivity index (χ0) is 14.8. The smallest absolute Gasteiger partial charge is 0.146 e. The largest absolute Gasteiger partial charge is 0.320 e. The van der Waals surface area contributed by atoms with Gasteiger partial charge in [0, 0.05) is 13.0 Å². The van der Waals surface area contributed by atoms with E-state index < -0.39 is 0 Å². The molecule has 0 bridgehead atoms. The van der Waals surface area contributed by atoms with Crippen LogP contribution in [0.4, 0.5) is 0 Å². The summed E-state index contributed by atoms with van der Waals surface area (Å²) in [6, 6.07) is 8.26. The molecule has 0 saturated carbocycles. The maximum Gasteiger partial charge on any atom is 0.146 e. The summed E-state index contributed by atoms with van der Waals surface area (Å²) in [5.74, 6) is 2.63. The molecule has 5 heteroatoms. The van der Waals surface area contributed by atoms with Crippen molar-refractivity contribution in [2.24, 2.45) is 5.92 Å². The van der Waals surface area contributed by atoms with Crippen LogP contribution in [0.25, 0.3) is 11.0 Å². The minimum atomic E-state index is 0.552. The molecule has 0 aliphatic rings. The first-order valence-corrected chi connectivity index (χ1v) is 7.50. The molecule has 0 unspecified atom stereocenters. The fourth-order valence-corrected chi connectivity index (χ4v) is 2.62. The number of aryl methyl sites for hydroxylation is 1. The van der Waals surface area contributed by atoms with Gasteiger partial charge < -0.3 is 4.57 Å². The van der Waals surface area contributed by atoms with Crippen molar-refractivity contribution in [2.45, 2.75) is 40.3 Å². The molecule has 0 atom stereocenters. The lowest BCUT2D eigenvalue weighted by Crippen LogP contribution is -2.14. The monoisotopic (exact) mass is 283 g/mol. The van der Waals surface area contributed by atoms with E-state index in [1.165, 1.54) is 0 Å². The Hall–Kier alpha value is -2.17. The number of hydrogen-bond acceptors (Lipinski definition) is 3. The molecule has 1 aromatic carbocycles. The van der Waals surface area contributed by atoms with Gasteiger partial charge in [-0.2, -0.15) is 5.10 Å². The van der Waals surface area contributed by atoms with Gasteiger partial charge >= 0.3 is 0 Å². The molecule has 3 aromatic rings. The second-order valence-corrected chi connectivity index (χ2v) is 5.71. The number of hydrogen-bond donors (Lipinski definition) is 0. The summed E-state index contributed by atoms with van der Waals surface area (Å²) >= 11 is 0. The molecule has 0 aliphatic carbocycles. The average Bonchev–Trinajstić information content (AvgIpc) is 3.04. The van der Waals surface area contributed by atoms with Gasteiger partial charge in [-0.3, -0.25) is 0 Å². The number of benzene rings is 1. The van der Waals surface area contributed by atoms with Crippen molar-refractivity contribution in [3.05, 3.63) is 42.2 Å². The molecule has 0 saturated heterocycles. The van der Waals surface area contributed by atoms with Crippen LogP contribution in [0.1, 0.15) is 32.4 Å². The third kappa shape index (κ3) is 2.68. The van der Waals surface area contributed by atoms with Crippen LogP contribution in [0.2, 0.25) is 0 Å². The number of rotatable bonds is 5. The van der Waals surface area contributed by atoms with Gasteiger partial charge in [-0.05, 0) is 18.1 Å². The Bertz CT molecular complexity index is 738. The van der Waals surface area contributed by atoms with Gasteiger partial charge in [0.2, 0.25) is 0 Å². The van der Waals surface area contributed by atoms with Crippen molar-refractivity contribution in [3.63, 3.8) is 0 Å². The maximum absolute atomic E-state index is 4.71. The molecule has 21 heavy (non-hydrogen) atoms. The lowest BCUT2D eigenvalue weighted by Gasteiger charge is -2.11. The van der Waals surface area contributed by atoms with E-state index in [9.17, 15) is 0 Å². The summed E-state index contributed by atoms with van der Waals surface area (Å²) in [7, 11) is 0. The lowest BCUT2D eigenvalue weighted by atomic mass is 10.2. The van der Waals surface area contributed by atoms with Gasteiger partial charge in [0.1, 0.15) is 18.0 Å². The standard InChI is InChI=1S/C16H21N5/c1-4-15-19-13-7-5-6-8-14(13)20(15)10-16-17-11-18-21(16)9-12(2)3/h5-8,11-12H,4,9-10H2,1-3H3. The first-order valence-electron chi connectivity index (χ1n) is 7.50. The Morgan fingerprint density at radius 3 is 2.71 bits per heavy atom. The van der Waals surface area contributed by atoms with Crippen molar-refractivity contribution >= 4 is 11.0 Å². The fourth-order valence-electron chi connectivity index (χ4n) is 2.62. The Labute approximate surface area is 124 Å². The van der Waals surface area contributed by atoms with E-state index in [0.29, 0.717) is 5.92 Å². The highest BCUT2D eigenvalue weighted by Gasteiger charge is 2.13. The molecule has 2 heterocycles. The van der Waals surface area contributed by atoms with Gasteiger partial charge in [0.15, 0.2) is 0 Å². The van der Waals surface area contributed by atoms with Gasteiger partial charge in [-0.15, -0.1) is 0 Å². The molecular weight excluding hydrogens is 262 g/mol. The minimum Gasteiger partial charge on any atom is -0.320 e. The molecule has 0 N–H and O–H groups in total. The van der Waals surface area contributed by atoms with Crippen molar-refractivity contribution in [3.8, 4) is 0 Å². The van der Waals surface area contributed by atoms with E-state index in [1.54, 1.807) is 6.33 Å². The van der Waals surface area contributed by atoms with Crippen LogP contribution in [0.3, 0.4) is 0 Å². The van der Waals surface area contributed by atoms with E-state index in [0.717, 1.165) is 42.2 Å². The number of nitrogens with zero attached hydrogens (tertiary/aromatic N) is 5. The molecule has 0 fully saturated rings. The van der Waals surface area contributed by atoms with Gasteiger partial charge in [-0.25, -0.2) is 14.6 Å². The minimum absolute atomic E-state index is 0.552. The highest BCUT2D eigenvalue weighted by molar-refractivity contribution is 5.75.